The summed E-state index contributed by atoms with van der Waals surface area (Å²) in [5, 5.41) is 6.44. The molecule has 0 saturated carbocycles. The molecule has 0 aliphatic carbocycles. The molecule has 2 aromatic heterocycles. The van der Waals surface area contributed by atoms with Gasteiger partial charge in [0.05, 0.1) is 17.6 Å². The number of fused-ring (bicyclic) bond motifs is 1. The fourth-order valence-corrected chi connectivity index (χ4v) is 4.71. The van der Waals surface area contributed by atoms with E-state index in [1.807, 2.05) is 43.3 Å². The first-order valence-corrected chi connectivity index (χ1v) is 12.7. The third-order valence-corrected chi connectivity index (χ3v) is 6.65. The third kappa shape index (κ3) is 5.96. The maximum absolute atomic E-state index is 12.4. The molecule has 7 nitrogen and oxygen atoms in total. The molecule has 182 valence electrons. The van der Waals surface area contributed by atoms with Gasteiger partial charge in [-0.2, -0.15) is 0 Å². The fourth-order valence-electron chi connectivity index (χ4n) is 3.80. The third-order valence-electron chi connectivity index (χ3n) is 5.77. The zero-order chi connectivity index (χ0) is 24.6. The second kappa shape index (κ2) is 11.8. The van der Waals surface area contributed by atoms with Crippen molar-refractivity contribution < 1.29 is 14.3 Å². The van der Waals surface area contributed by atoms with E-state index in [2.05, 4.69) is 39.4 Å². The predicted octanol–water partition coefficient (Wildman–Crippen LogP) is 6.00. The molecule has 0 amide bonds. The van der Waals surface area contributed by atoms with E-state index in [0.717, 1.165) is 58.2 Å². The largest absolute Gasteiger partial charge is 0.494 e. The second-order valence-corrected chi connectivity index (χ2v) is 8.73. The minimum Gasteiger partial charge on any atom is -0.494 e. The van der Waals surface area contributed by atoms with Crippen LogP contribution in [-0.2, 0) is 4.74 Å². The number of benzene rings is 2. The first-order valence-electron chi connectivity index (χ1n) is 11.8. The van der Waals surface area contributed by atoms with Gasteiger partial charge in [0.2, 0.25) is 0 Å². The molecule has 0 radical (unpaired) electrons. The summed E-state index contributed by atoms with van der Waals surface area (Å²) < 4.78 is 11.0. The Morgan fingerprint density at radius 3 is 2.43 bits per heavy atom. The summed E-state index contributed by atoms with van der Waals surface area (Å²) in [6.45, 7) is 9.79. The van der Waals surface area contributed by atoms with Crippen LogP contribution >= 0.6 is 11.3 Å². The van der Waals surface area contributed by atoms with E-state index in [1.165, 1.54) is 0 Å². The van der Waals surface area contributed by atoms with E-state index in [9.17, 15) is 4.79 Å². The van der Waals surface area contributed by atoms with Gasteiger partial charge in [-0.15, -0.1) is 11.3 Å². The van der Waals surface area contributed by atoms with E-state index < -0.39 is 0 Å². The highest BCUT2D eigenvalue weighted by Gasteiger charge is 2.14. The van der Waals surface area contributed by atoms with Crippen LogP contribution in [0, 0.1) is 0 Å². The Labute approximate surface area is 209 Å². The minimum absolute atomic E-state index is 0.316. The monoisotopic (exact) mass is 490 g/mol. The van der Waals surface area contributed by atoms with Crippen molar-refractivity contribution in [1.82, 2.24) is 14.9 Å². The van der Waals surface area contributed by atoms with Crippen LogP contribution in [0.4, 0.5) is 11.5 Å². The van der Waals surface area contributed by atoms with Gasteiger partial charge >= 0.3 is 5.97 Å². The Kier molecular flexibility index (Phi) is 8.28. The van der Waals surface area contributed by atoms with E-state index in [0.29, 0.717) is 18.8 Å². The van der Waals surface area contributed by atoms with Crippen LogP contribution < -0.4 is 10.1 Å². The maximum atomic E-state index is 12.4. The lowest BCUT2D eigenvalue weighted by molar-refractivity contribution is 0.0466. The van der Waals surface area contributed by atoms with Gasteiger partial charge in [-0.25, -0.2) is 14.8 Å². The Hall–Kier alpha value is -3.49. The van der Waals surface area contributed by atoms with Gasteiger partial charge in [-0.1, -0.05) is 26.0 Å². The molecule has 0 spiro atoms. The van der Waals surface area contributed by atoms with Crippen molar-refractivity contribution in [3.8, 4) is 16.9 Å². The molecule has 35 heavy (non-hydrogen) atoms. The molecule has 0 atom stereocenters. The highest BCUT2D eigenvalue weighted by Crippen LogP contribution is 2.37. The lowest BCUT2D eigenvalue weighted by Crippen LogP contribution is -2.27. The van der Waals surface area contributed by atoms with Crippen molar-refractivity contribution in [1.29, 1.82) is 0 Å². The number of ether oxygens (including phenoxy) is 2. The second-order valence-electron chi connectivity index (χ2n) is 7.87. The summed E-state index contributed by atoms with van der Waals surface area (Å²) in [6.07, 6.45) is 1.56. The Morgan fingerprint density at radius 1 is 1.00 bits per heavy atom. The molecule has 4 rings (SSSR count). The maximum Gasteiger partial charge on any atom is 0.338 e. The van der Waals surface area contributed by atoms with Crippen LogP contribution in [0.3, 0.4) is 0 Å². The number of likely N-dealkylation sites (N-methyl/N-ethyl adjacent to an activating group) is 1. The first kappa shape index (κ1) is 24.6. The molecule has 4 aromatic rings. The van der Waals surface area contributed by atoms with Crippen LogP contribution in [0.1, 0.15) is 31.1 Å². The summed E-state index contributed by atoms with van der Waals surface area (Å²) >= 11 is 1.58. The van der Waals surface area contributed by atoms with E-state index >= 15 is 0 Å². The summed E-state index contributed by atoms with van der Waals surface area (Å²) in [5.41, 5.74) is 3.48. The van der Waals surface area contributed by atoms with Crippen molar-refractivity contribution in [3.05, 3.63) is 65.8 Å². The van der Waals surface area contributed by atoms with Gasteiger partial charge in [0.25, 0.3) is 0 Å². The lowest BCUT2D eigenvalue weighted by atomic mass is 10.1. The van der Waals surface area contributed by atoms with Gasteiger partial charge in [-0.05, 0) is 62.0 Å². The molecule has 1 N–H and O–H groups in total. The molecule has 0 bridgehead atoms. The Bertz CT molecular complexity index is 1250. The number of thiophene rings is 1. The van der Waals surface area contributed by atoms with Crippen molar-refractivity contribution >= 4 is 39.0 Å². The number of carbonyl (C=O) groups excluding carboxylic acids is 1. The Balaban J connectivity index is 1.49. The molecular weight excluding hydrogens is 460 g/mol. The quantitative estimate of drug-likeness (QED) is 0.258. The molecule has 0 saturated heterocycles. The minimum atomic E-state index is -0.316. The highest BCUT2D eigenvalue weighted by atomic mass is 32.1. The van der Waals surface area contributed by atoms with E-state index in [4.69, 9.17) is 9.47 Å². The summed E-state index contributed by atoms with van der Waals surface area (Å²) in [5.74, 6) is 1.25. The zero-order valence-electron chi connectivity index (χ0n) is 20.3. The topological polar surface area (TPSA) is 76.6 Å². The van der Waals surface area contributed by atoms with Crippen LogP contribution in [0.5, 0.6) is 5.75 Å². The zero-order valence-corrected chi connectivity index (χ0v) is 21.1. The number of hydrogen-bond donors (Lipinski definition) is 1. The van der Waals surface area contributed by atoms with Gasteiger partial charge in [0.15, 0.2) is 0 Å². The SMILES string of the molecule is CCOc1ccc(-c2csc3ncnc(Nc4ccc(C(=O)OCCN(CC)CC)cc4)c23)cc1. The molecule has 2 heterocycles. The highest BCUT2D eigenvalue weighted by molar-refractivity contribution is 7.17. The van der Waals surface area contributed by atoms with Gasteiger partial charge < -0.3 is 19.7 Å². The number of rotatable bonds is 11. The van der Waals surface area contributed by atoms with Crippen molar-refractivity contribution in [2.75, 3.05) is 38.2 Å². The summed E-state index contributed by atoms with van der Waals surface area (Å²) in [6, 6.07) is 15.3. The van der Waals surface area contributed by atoms with Crippen LogP contribution in [0.25, 0.3) is 21.3 Å². The number of esters is 1. The predicted molar refractivity (Wildman–Crippen MR) is 142 cm³/mol. The summed E-state index contributed by atoms with van der Waals surface area (Å²) in [7, 11) is 0. The molecule has 0 unspecified atom stereocenters. The average molecular weight is 491 g/mol. The lowest BCUT2D eigenvalue weighted by Gasteiger charge is -2.17. The normalized spacial score (nSPS) is 11.1. The molecule has 8 heteroatoms. The Morgan fingerprint density at radius 2 is 1.74 bits per heavy atom. The van der Waals surface area contributed by atoms with Gasteiger partial charge in [0, 0.05) is 23.2 Å². The molecule has 0 aliphatic rings. The smallest absolute Gasteiger partial charge is 0.338 e. The fraction of sp³-hybridized carbons (Fsp3) is 0.296. The van der Waals surface area contributed by atoms with Crippen LogP contribution in [0.2, 0.25) is 0 Å². The number of nitrogens with one attached hydrogen (secondary N) is 1. The van der Waals surface area contributed by atoms with Crippen LogP contribution in [-0.4, -0.2) is 53.7 Å². The molecular formula is C27H30N4O3S. The number of anilines is 2. The van der Waals surface area contributed by atoms with E-state index in [1.54, 1.807) is 29.8 Å². The standard InChI is InChI=1S/C27H30N4O3S/c1-4-31(5-2)15-16-34-27(32)20-7-11-21(12-8-20)30-25-24-23(17-35-26(24)29-18-28-25)19-9-13-22(14-10-19)33-6-3/h7-14,17-18H,4-6,15-16H2,1-3H3,(H,28,29,30). The van der Waals surface area contributed by atoms with E-state index in [-0.39, 0.29) is 5.97 Å². The first-order chi connectivity index (χ1) is 17.1. The van der Waals surface area contributed by atoms with Crippen molar-refractivity contribution in [2.45, 2.75) is 20.8 Å². The molecule has 0 aliphatic heterocycles. The van der Waals surface area contributed by atoms with Gasteiger partial charge in [0.1, 0.15) is 29.3 Å². The molecule has 0 fully saturated rings. The van der Waals surface area contributed by atoms with Crippen LogP contribution in [0.15, 0.2) is 60.2 Å². The summed E-state index contributed by atoms with van der Waals surface area (Å²) in [4.78, 5) is 24.5. The van der Waals surface area contributed by atoms with Crippen molar-refractivity contribution in [3.63, 3.8) is 0 Å². The molecule has 2 aromatic carbocycles. The average Bonchev–Trinajstić information content (AvgIpc) is 3.33. The van der Waals surface area contributed by atoms with Gasteiger partial charge in [-0.3, -0.25) is 0 Å². The number of carbonyl (C=O) groups is 1. The number of nitrogens with zero attached hydrogens (tertiary/aromatic N) is 3. The van der Waals surface area contributed by atoms with Crippen molar-refractivity contribution in [2.24, 2.45) is 0 Å². The number of hydrogen-bond acceptors (Lipinski definition) is 8. The number of aromatic nitrogens is 2.